The number of hydrogen-bond acceptors (Lipinski definition) is 4. The number of hydrogen-bond donors (Lipinski definition) is 2. The molecule has 0 aromatic heterocycles. The van der Waals surface area contributed by atoms with Crippen LogP contribution in [-0.2, 0) is 9.53 Å². The maximum absolute atomic E-state index is 11.8. The van der Waals surface area contributed by atoms with Crippen LogP contribution in [0, 0.1) is 6.92 Å². The molecule has 0 aliphatic rings. The van der Waals surface area contributed by atoms with E-state index in [0.29, 0.717) is 30.3 Å². The van der Waals surface area contributed by atoms with Gasteiger partial charge in [-0.1, -0.05) is 25.5 Å². The van der Waals surface area contributed by atoms with E-state index in [0.717, 1.165) is 5.56 Å². The van der Waals surface area contributed by atoms with E-state index < -0.39 is 5.97 Å². The zero-order chi connectivity index (χ0) is 15.1. The zero-order valence-corrected chi connectivity index (χ0v) is 12.4. The maximum atomic E-state index is 11.8. The first-order chi connectivity index (χ1) is 9.43. The fourth-order valence-corrected chi connectivity index (χ4v) is 1.73. The van der Waals surface area contributed by atoms with E-state index in [4.69, 9.17) is 4.74 Å². The predicted octanol–water partition coefficient (Wildman–Crippen LogP) is 2.11. The topological polar surface area (TPSA) is 67.4 Å². The highest BCUT2D eigenvalue weighted by Gasteiger charge is 2.14. The minimum Gasteiger partial charge on any atom is -0.465 e. The van der Waals surface area contributed by atoms with Gasteiger partial charge in [0.1, 0.15) is 0 Å². The number of carbonyl (C=O) groups excluding carboxylic acids is 2. The molecular formula is C15H22N2O3. The standard InChI is InChI=1S/C15H22N2O3/c1-10(2)16-8-7-14(18)17-13-6-5-11(3)9-12(13)15(19)20-4/h5-6,9-10,16H,7-8H2,1-4H3,(H,17,18). The second-order valence-corrected chi connectivity index (χ2v) is 4.95. The van der Waals surface area contributed by atoms with Gasteiger partial charge in [0.05, 0.1) is 18.4 Å². The third-order valence-corrected chi connectivity index (χ3v) is 2.76. The van der Waals surface area contributed by atoms with Gasteiger partial charge in [0.25, 0.3) is 0 Å². The van der Waals surface area contributed by atoms with Gasteiger partial charge in [0.15, 0.2) is 0 Å². The minimum absolute atomic E-state index is 0.132. The SMILES string of the molecule is COC(=O)c1cc(C)ccc1NC(=O)CCNC(C)C. The summed E-state index contributed by atoms with van der Waals surface area (Å²) in [7, 11) is 1.32. The van der Waals surface area contributed by atoms with Crippen LogP contribution < -0.4 is 10.6 Å². The Kier molecular flexibility index (Phi) is 6.18. The third kappa shape index (κ3) is 5.01. The van der Waals surface area contributed by atoms with Crippen molar-refractivity contribution in [2.24, 2.45) is 0 Å². The van der Waals surface area contributed by atoms with Gasteiger partial charge in [0.2, 0.25) is 5.91 Å². The first-order valence-electron chi connectivity index (χ1n) is 6.66. The number of ether oxygens (including phenoxy) is 1. The van der Waals surface area contributed by atoms with Crippen LogP contribution in [0.25, 0.3) is 0 Å². The van der Waals surface area contributed by atoms with Crippen molar-refractivity contribution >= 4 is 17.6 Å². The lowest BCUT2D eigenvalue weighted by molar-refractivity contribution is -0.116. The van der Waals surface area contributed by atoms with E-state index in [2.05, 4.69) is 10.6 Å². The average Bonchev–Trinajstić information content (AvgIpc) is 2.39. The monoisotopic (exact) mass is 278 g/mol. The fourth-order valence-electron chi connectivity index (χ4n) is 1.73. The molecule has 0 heterocycles. The Hall–Kier alpha value is -1.88. The zero-order valence-electron chi connectivity index (χ0n) is 12.4. The van der Waals surface area contributed by atoms with Crippen LogP contribution >= 0.6 is 0 Å². The molecule has 0 unspecified atom stereocenters. The lowest BCUT2D eigenvalue weighted by atomic mass is 10.1. The molecule has 1 aromatic rings. The predicted molar refractivity (Wildman–Crippen MR) is 78.9 cm³/mol. The summed E-state index contributed by atoms with van der Waals surface area (Å²) in [4.78, 5) is 23.5. The van der Waals surface area contributed by atoms with Gasteiger partial charge >= 0.3 is 5.97 Å². The van der Waals surface area contributed by atoms with Crippen LogP contribution in [0.15, 0.2) is 18.2 Å². The molecule has 2 N–H and O–H groups in total. The van der Waals surface area contributed by atoms with Crippen molar-refractivity contribution in [3.05, 3.63) is 29.3 Å². The van der Waals surface area contributed by atoms with Gasteiger partial charge < -0.3 is 15.4 Å². The van der Waals surface area contributed by atoms with Crippen molar-refractivity contribution in [1.29, 1.82) is 0 Å². The average molecular weight is 278 g/mol. The smallest absolute Gasteiger partial charge is 0.339 e. The molecule has 0 bridgehead atoms. The largest absolute Gasteiger partial charge is 0.465 e. The number of nitrogens with one attached hydrogen (secondary N) is 2. The van der Waals surface area contributed by atoms with Crippen molar-refractivity contribution < 1.29 is 14.3 Å². The van der Waals surface area contributed by atoms with E-state index in [1.807, 2.05) is 26.8 Å². The minimum atomic E-state index is -0.454. The Balaban J connectivity index is 2.71. The lowest BCUT2D eigenvalue weighted by Crippen LogP contribution is -2.27. The quantitative estimate of drug-likeness (QED) is 0.782. The summed E-state index contributed by atoms with van der Waals surface area (Å²) in [5.41, 5.74) is 1.79. The normalized spacial score (nSPS) is 10.4. The maximum Gasteiger partial charge on any atom is 0.339 e. The second-order valence-electron chi connectivity index (χ2n) is 4.95. The molecule has 0 saturated heterocycles. The molecule has 5 nitrogen and oxygen atoms in total. The van der Waals surface area contributed by atoms with Crippen molar-refractivity contribution in [2.75, 3.05) is 19.0 Å². The van der Waals surface area contributed by atoms with Crippen LogP contribution in [0.1, 0.15) is 36.2 Å². The van der Waals surface area contributed by atoms with Crippen LogP contribution in [0.4, 0.5) is 5.69 Å². The van der Waals surface area contributed by atoms with E-state index in [9.17, 15) is 9.59 Å². The first kappa shape index (κ1) is 16.2. The Labute approximate surface area is 119 Å². The number of benzene rings is 1. The van der Waals surface area contributed by atoms with Crippen LogP contribution in [-0.4, -0.2) is 31.6 Å². The summed E-state index contributed by atoms with van der Waals surface area (Å²) < 4.78 is 4.72. The van der Waals surface area contributed by atoms with Gasteiger partial charge in [0, 0.05) is 19.0 Å². The Morgan fingerprint density at radius 3 is 2.60 bits per heavy atom. The summed E-state index contributed by atoms with van der Waals surface area (Å²) in [6, 6.07) is 5.60. The van der Waals surface area contributed by atoms with Crippen molar-refractivity contribution in [3.8, 4) is 0 Å². The molecular weight excluding hydrogens is 256 g/mol. The fraction of sp³-hybridized carbons (Fsp3) is 0.467. The number of carbonyl (C=O) groups is 2. The number of amides is 1. The molecule has 0 fully saturated rings. The van der Waals surface area contributed by atoms with Crippen LogP contribution in [0.3, 0.4) is 0 Å². The number of anilines is 1. The number of esters is 1. The Bertz CT molecular complexity index is 484. The molecule has 0 atom stereocenters. The second kappa shape index (κ2) is 7.65. The van der Waals surface area contributed by atoms with Crippen LogP contribution in [0.5, 0.6) is 0 Å². The van der Waals surface area contributed by atoms with Gasteiger partial charge in [-0.25, -0.2) is 4.79 Å². The lowest BCUT2D eigenvalue weighted by Gasteiger charge is -2.11. The molecule has 0 radical (unpaired) electrons. The summed E-state index contributed by atoms with van der Waals surface area (Å²) in [6.45, 7) is 6.52. The van der Waals surface area contributed by atoms with Crippen LogP contribution in [0.2, 0.25) is 0 Å². The molecule has 20 heavy (non-hydrogen) atoms. The van der Waals surface area contributed by atoms with E-state index in [-0.39, 0.29) is 5.91 Å². The van der Waals surface area contributed by atoms with Crippen molar-refractivity contribution in [1.82, 2.24) is 5.32 Å². The van der Waals surface area contributed by atoms with E-state index >= 15 is 0 Å². The Morgan fingerprint density at radius 1 is 1.30 bits per heavy atom. The van der Waals surface area contributed by atoms with Gasteiger partial charge in [-0.15, -0.1) is 0 Å². The first-order valence-corrected chi connectivity index (χ1v) is 6.66. The van der Waals surface area contributed by atoms with E-state index in [1.54, 1.807) is 12.1 Å². The molecule has 1 rings (SSSR count). The molecule has 110 valence electrons. The molecule has 0 saturated carbocycles. The molecule has 0 aliphatic carbocycles. The number of rotatable bonds is 6. The number of aryl methyl sites for hydroxylation is 1. The molecule has 0 aliphatic heterocycles. The third-order valence-electron chi connectivity index (χ3n) is 2.76. The van der Waals surface area contributed by atoms with Crippen molar-refractivity contribution in [3.63, 3.8) is 0 Å². The summed E-state index contributed by atoms with van der Waals surface area (Å²) in [6.07, 6.45) is 0.354. The highest BCUT2D eigenvalue weighted by Crippen LogP contribution is 2.18. The van der Waals surface area contributed by atoms with Gasteiger partial charge in [-0.2, -0.15) is 0 Å². The van der Waals surface area contributed by atoms with Gasteiger partial charge in [-0.05, 0) is 19.1 Å². The molecule has 1 amide bonds. The highest BCUT2D eigenvalue weighted by molar-refractivity contribution is 6.01. The van der Waals surface area contributed by atoms with E-state index in [1.165, 1.54) is 7.11 Å². The summed E-state index contributed by atoms with van der Waals surface area (Å²) >= 11 is 0. The van der Waals surface area contributed by atoms with Crippen molar-refractivity contribution in [2.45, 2.75) is 33.2 Å². The molecule has 5 heteroatoms. The van der Waals surface area contributed by atoms with Gasteiger partial charge in [-0.3, -0.25) is 4.79 Å². The summed E-state index contributed by atoms with van der Waals surface area (Å²) in [5.74, 6) is -0.587. The molecule has 0 spiro atoms. The molecule has 1 aromatic carbocycles. The number of methoxy groups -OCH3 is 1. The highest BCUT2D eigenvalue weighted by atomic mass is 16.5. The Morgan fingerprint density at radius 2 is 2.00 bits per heavy atom. The summed E-state index contributed by atoms with van der Waals surface area (Å²) in [5, 5.41) is 5.91.